The highest BCUT2D eigenvalue weighted by Crippen LogP contribution is 2.18. The summed E-state index contributed by atoms with van der Waals surface area (Å²) >= 11 is 0. The Morgan fingerprint density at radius 1 is 1.35 bits per heavy atom. The molecule has 0 radical (unpaired) electrons. The molecule has 0 saturated heterocycles. The topological polar surface area (TPSA) is 61.4 Å². The van der Waals surface area contributed by atoms with Crippen LogP contribution in [0.2, 0.25) is 0 Å². The van der Waals surface area contributed by atoms with Crippen LogP contribution in [-0.2, 0) is 7.05 Å². The van der Waals surface area contributed by atoms with Crippen molar-refractivity contribution in [2.75, 3.05) is 0 Å². The molecular formula is C10H7F2NO4. The summed E-state index contributed by atoms with van der Waals surface area (Å²) in [6, 6.07) is 3.69. The molecule has 0 N–H and O–H groups in total. The molecule has 0 aliphatic heterocycles. The zero-order valence-corrected chi connectivity index (χ0v) is 8.65. The van der Waals surface area contributed by atoms with Crippen LogP contribution in [0.3, 0.4) is 0 Å². The number of halogens is 2. The normalized spacial score (nSPS) is 11.1. The van der Waals surface area contributed by atoms with E-state index in [2.05, 4.69) is 9.15 Å². The fourth-order valence-corrected chi connectivity index (χ4v) is 1.45. The van der Waals surface area contributed by atoms with Crippen LogP contribution in [0.25, 0.3) is 10.9 Å². The number of hydrogen-bond donors (Lipinski definition) is 0. The maximum absolute atomic E-state index is 12.0. The number of aryl methyl sites for hydroxylation is 1. The summed E-state index contributed by atoms with van der Waals surface area (Å²) in [7, 11) is 1.40. The van der Waals surface area contributed by atoms with Gasteiger partial charge < -0.3 is 9.15 Å². The molecule has 90 valence electrons. The number of aromatic nitrogens is 1. The first-order valence-electron chi connectivity index (χ1n) is 4.58. The molecule has 0 atom stereocenters. The highest BCUT2D eigenvalue weighted by atomic mass is 19.3. The summed E-state index contributed by atoms with van der Waals surface area (Å²) in [5.74, 6) is -0.983. The Balaban J connectivity index is 2.71. The van der Waals surface area contributed by atoms with Crippen molar-refractivity contribution in [2.45, 2.75) is 6.61 Å². The van der Waals surface area contributed by atoms with Crippen molar-refractivity contribution >= 4 is 10.9 Å². The molecule has 2 rings (SSSR count). The van der Waals surface area contributed by atoms with Crippen molar-refractivity contribution < 1.29 is 17.9 Å². The van der Waals surface area contributed by atoms with E-state index >= 15 is 0 Å². The molecule has 0 saturated carbocycles. The van der Waals surface area contributed by atoms with Gasteiger partial charge in [-0.25, -0.2) is 9.59 Å². The molecule has 2 aromatic rings. The number of benzene rings is 1. The standard InChI is InChI=1S/C10H7F2NO4/c1-13-7-3-2-5(16-9(11)12)4-6(7)8(14)17-10(13)15/h2-4,9H,1H3. The van der Waals surface area contributed by atoms with Crippen LogP contribution < -0.4 is 16.1 Å². The van der Waals surface area contributed by atoms with Crippen molar-refractivity contribution in [3.05, 3.63) is 39.2 Å². The molecule has 0 aliphatic carbocycles. The third kappa shape index (κ3) is 2.03. The summed E-state index contributed by atoms with van der Waals surface area (Å²) in [5.41, 5.74) is -0.601. The molecule has 5 nitrogen and oxygen atoms in total. The highest BCUT2D eigenvalue weighted by Gasteiger charge is 2.10. The maximum Gasteiger partial charge on any atom is 0.422 e. The first-order valence-corrected chi connectivity index (χ1v) is 4.58. The molecule has 0 aliphatic rings. The van der Waals surface area contributed by atoms with Crippen LogP contribution in [0.15, 0.2) is 32.2 Å². The zero-order valence-electron chi connectivity index (χ0n) is 8.65. The van der Waals surface area contributed by atoms with Crippen molar-refractivity contribution in [3.8, 4) is 5.75 Å². The van der Waals surface area contributed by atoms with Crippen molar-refractivity contribution in [3.63, 3.8) is 0 Å². The van der Waals surface area contributed by atoms with E-state index in [9.17, 15) is 18.4 Å². The van der Waals surface area contributed by atoms with Gasteiger partial charge in [-0.3, -0.25) is 4.57 Å². The molecule has 0 bridgehead atoms. The van der Waals surface area contributed by atoms with Crippen LogP contribution in [0.4, 0.5) is 8.78 Å². The number of nitrogens with zero attached hydrogens (tertiary/aromatic N) is 1. The molecule has 17 heavy (non-hydrogen) atoms. The molecule has 1 aromatic carbocycles. The van der Waals surface area contributed by atoms with E-state index in [-0.39, 0.29) is 16.7 Å². The van der Waals surface area contributed by atoms with Gasteiger partial charge in [0.2, 0.25) is 0 Å². The average Bonchev–Trinajstić information content (AvgIpc) is 2.25. The summed E-state index contributed by atoms with van der Waals surface area (Å²) < 4.78 is 33.6. The van der Waals surface area contributed by atoms with E-state index in [4.69, 9.17) is 0 Å². The molecule has 1 aromatic heterocycles. The van der Waals surface area contributed by atoms with E-state index in [1.165, 1.54) is 19.2 Å². The summed E-state index contributed by atoms with van der Waals surface area (Å²) in [6.07, 6.45) is 0. The Kier molecular flexibility index (Phi) is 2.66. The number of rotatable bonds is 2. The van der Waals surface area contributed by atoms with Gasteiger partial charge in [0.05, 0.1) is 10.9 Å². The fourth-order valence-electron chi connectivity index (χ4n) is 1.45. The van der Waals surface area contributed by atoms with E-state index in [1.807, 2.05) is 0 Å². The lowest BCUT2D eigenvalue weighted by molar-refractivity contribution is -0.0497. The van der Waals surface area contributed by atoms with Gasteiger partial charge in [0, 0.05) is 7.05 Å². The number of ether oxygens (including phenoxy) is 1. The minimum atomic E-state index is -2.98. The molecule has 7 heteroatoms. The van der Waals surface area contributed by atoms with E-state index < -0.39 is 18.0 Å². The molecule has 1 heterocycles. The Labute approximate surface area is 92.8 Å². The SMILES string of the molecule is Cn1c(=O)oc(=O)c2cc(OC(F)F)ccc21. The Hall–Kier alpha value is -2.18. The molecular weight excluding hydrogens is 236 g/mol. The van der Waals surface area contributed by atoms with E-state index in [0.717, 1.165) is 10.6 Å². The van der Waals surface area contributed by atoms with Crippen LogP contribution in [0, 0.1) is 0 Å². The maximum atomic E-state index is 12.0. The summed E-state index contributed by atoms with van der Waals surface area (Å²) in [4.78, 5) is 22.5. The van der Waals surface area contributed by atoms with Crippen LogP contribution in [-0.4, -0.2) is 11.2 Å². The molecule has 0 amide bonds. The average molecular weight is 243 g/mol. The van der Waals surface area contributed by atoms with Gasteiger partial charge in [0.1, 0.15) is 5.75 Å². The van der Waals surface area contributed by atoms with Crippen molar-refractivity contribution in [1.29, 1.82) is 0 Å². The second-order valence-corrected chi connectivity index (χ2v) is 3.27. The number of hydrogen-bond acceptors (Lipinski definition) is 4. The Bertz CT molecular complexity index is 674. The fraction of sp³-hybridized carbons (Fsp3) is 0.200. The highest BCUT2D eigenvalue weighted by molar-refractivity contribution is 5.79. The smallest absolute Gasteiger partial charge is 0.422 e. The van der Waals surface area contributed by atoms with Gasteiger partial charge in [-0.15, -0.1) is 0 Å². The predicted molar refractivity (Wildman–Crippen MR) is 54.4 cm³/mol. The van der Waals surface area contributed by atoms with Gasteiger partial charge in [-0.2, -0.15) is 8.78 Å². The van der Waals surface area contributed by atoms with Crippen molar-refractivity contribution in [1.82, 2.24) is 4.57 Å². The van der Waals surface area contributed by atoms with Crippen LogP contribution in [0.5, 0.6) is 5.75 Å². The second-order valence-electron chi connectivity index (χ2n) is 3.27. The van der Waals surface area contributed by atoms with Gasteiger partial charge in [-0.1, -0.05) is 0 Å². The number of fused-ring (bicyclic) bond motifs is 1. The lowest BCUT2D eigenvalue weighted by Crippen LogP contribution is -2.22. The first kappa shape index (κ1) is 11.3. The largest absolute Gasteiger partial charge is 0.435 e. The number of alkyl halides is 2. The van der Waals surface area contributed by atoms with Crippen LogP contribution >= 0.6 is 0 Å². The lowest BCUT2D eigenvalue weighted by atomic mass is 10.2. The quantitative estimate of drug-likeness (QED) is 0.792. The van der Waals surface area contributed by atoms with Gasteiger partial charge >= 0.3 is 18.0 Å². The molecule has 0 spiro atoms. The molecule has 0 fully saturated rings. The predicted octanol–water partition coefficient (Wildman–Crippen LogP) is 1.09. The van der Waals surface area contributed by atoms with Gasteiger partial charge in [-0.05, 0) is 18.2 Å². The van der Waals surface area contributed by atoms with E-state index in [1.54, 1.807) is 0 Å². The molecule has 0 unspecified atom stereocenters. The Morgan fingerprint density at radius 2 is 2.06 bits per heavy atom. The van der Waals surface area contributed by atoms with Crippen molar-refractivity contribution in [2.24, 2.45) is 7.05 Å². The lowest BCUT2D eigenvalue weighted by Gasteiger charge is -2.06. The van der Waals surface area contributed by atoms with Gasteiger partial charge in [0.15, 0.2) is 0 Å². The minimum absolute atomic E-state index is 0.00486. The summed E-state index contributed by atoms with van der Waals surface area (Å²) in [6.45, 7) is -2.98. The third-order valence-corrected chi connectivity index (χ3v) is 2.23. The Morgan fingerprint density at radius 3 is 2.71 bits per heavy atom. The summed E-state index contributed by atoms with van der Waals surface area (Å²) in [5, 5.41) is 0.00486. The minimum Gasteiger partial charge on any atom is -0.435 e. The van der Waals surface area contributed by atoms with Crippen LogP contribution in [0.1, 0.15) is 0 Å². The second kappa shape index (κ2) is 4.00. The zero-order chi connectivity index (χ0) is 12.6. The monoisotopic (exact) mass is 243 g/mol. The van der Waals surface area contributed by atoms with Gasteiger partial charge in [0.25, 0.3) is 0 Å². The first-order chi connectivity index (χ1) is 7.99. The third-order valence-electron chi connectivity index (χ3n) is 2.23. The van der Waals surface area contributed by atoms with E-state index in [0.29, 0.717) is 0 Å².